The van der Waals surface area contributed by atoms with E-state index < -0.39 is 11.7 Å². The SMILES string of the molecule is Cc1nn(C)c(Nc2ccc(Br)c(C(F)(F)F)c2)c1C#N. The molecule has 0 amide bonds. The zero-order valence-electron chi connectivity index (χ0n) is 11.1. The summed E-state index contributed by atoms with van der Waals surface area (Å²) in [7, 11) is 1.61. The minimum Gasteiger partial charge on any atom is -0.339 e. The average Bonchev–Trinajstić information content (AvgIpc) is 2.64. The molecule has 0 aliphatic rings. The lowest BCUT2D eigenvalue weighted by molar-refractivity contribution is -0.138. The Labute approximate surface area is 127 Å². The molecule has 21 heavy (non-hydrogen) atoms. The highest BCUT2D eigenvalue weighted by atomic mass is 79.9. The summed E-state index contributed by atoms with van der Waals surface area (Å²) in [6, 6.07) is 5.76. The van der Waals surface area contributed by atoms with Crippen LogP contribution in [-0.2, 0) is 13.2 Å². The van der Waals surface area contributed by atoms with Crippen LogP contribution >= 0.6 is 15.9 Å². The molecule has 0 radical (unpaired) electrons. The number of nitrogens with one attached hydrogen (secondary N) is 1. The van der Waals surface area contributed by atoms with Crippen molar-refractivity contribution in [2.75, 3.05) is 5.32 Å². The molecular weight excluding hydrogens is 349 g/mol. The molecule has 0 bridgehead atoms. The van der Waals surface area contributed by atoms with Crippen molar-refractivity contribution in [3.05, 3.63) is 39.5 Å². The Morgan fingerprint density at radius 2 is 2.05 bits per heavy atom. The van der Waals surface area contributed by atoms with Crippen LogP contribution in [0.1, 0.15) is 16.8 Å². The molecule has 0 saturated carbocycles. The molecule has 1 aromatic carbocycles. The number of hydrogen-bond donors (Lipinski definition) is 1. The summed E-state index contributed by atoms with van der Waals surface area (Å²) in [6.45, 7) is 1.66. The second kappa shape index (κ2) is 5.41. The van der Waals surface area contributed by atoms with Gasteiger partial charge in [-0.05, 0) is 25.1 Å². The first-order valence-corrected chi connectivity index (χ1v) is 6.60. The lowest BCUT2D eigenvalue weighted by Crippen LogP contribution is -2.07. The number of rotatable bonds is 2. The van der Waals surface area contributed by atoms with Crippen molar-refractivity contribution in [3.63, 3.8) is 0 Å². The van der Waals surface area contributed by atoms with Crippen molar-refractivity contribution >= 4 is 27.4 Å². The molecule has 1 N–H and O–H groups in total. The smallest absolute Gasteiger partial charge is 0.339 e. The Hall–Kier alpha value is -2.01. The van der Waals surface area contributed by atoms with E-state index in [0.717, 1.165) is 6.07 Å². The molecule has 0 unspecified atom stereocenters. The van der Waals surface area contributed by atoms with Crippen molar-refractivity contribution in [2.24, 2.45) is 7.05 Å². The first-order valence-electron chi connectivity index (χ1n) is 5.81. The van der Waals surface area contributed by atoms with E-state index in [0.29, 0.717) is 17.1 Å². The molecule has 8 heteroatoms. The fourth-order valence-corrected chi connectivity index (χ4v) is 2.36. The highest BCUT2D eigenvalue weighted by Gasteiger charge is 2.33. The van der Waals surface area contributed by atoms with Crippen molar-refractivity contribution < 1.29 is 13.2 Å². The van der Waals surface area contributed by atoms with Crippen LogP contribution in [-0.4, -0.2) is 9.78 Å². The second-order valence-electron chi connectivity index (χ2n) is 4.36. The largest absolute Gasteiger partial charge is 0.417 e. The molecular formula is C13H10BrF3N4. The summed E-state index contributed by atoms with van der Waals surface area (Å²) in [4.78, 5) is 0. The molecule has 1 heterocycles. The van der Waals surface area contributed by atoms with Gasteiger partial charge in [-0.1, -0.05) is 15.9 Å². The standard InChI is InChI=1S/C13H10BrF3N4/c1-7-9(6-18)12(21(2)20-7)19-8-3-4-11(14)10(5-8)13(15,16)17/h3-5,19H,1-2H3. The molecule has 0 aliphatic heterocycles. The molecule has 0 saturated heterocycles. The van der Waals surface area contributed by atoms with Gasteiger partial charge in [-0.3, -0.25) is 4.68 Å². The van der Waals surface area contributed by atoms with E-state index in [2.05, 4.69) is 26.3 Å². The number of benzene rings is 1. The van der Waals surface area contributed by atoms with Crippen LogP contribution in [0.5, 0.6) is 0 Å². The van der Waals surface area contributed by atoms with E-state index in [1.165, 1.54) is 16.8 Å². The minimum atomic E-state index is -4.46. The Bertz CT molecular complexity index is 728. The number of alkyl halides is 3. The molecule has 0 spiro atoms. The summed E-state index contributed by atoms with van der Waals surface area (Å²) in [5.74, 6) is 0.352. The lowest BCUT2D eigenvalue weighted by Gasteiger charge is -2.12. The molecule has 4 nitrogen and oxygen atoms in total. The number of nitriles is 1. The van der Waals surface area contributed by atoms with Gasteiger partial charge in [0.05, 0.1) is 11.3 Å². The van der Waals surface area contributed by atoms with Gasteiger partial charge < -0.3 is 5.32 Å². The van der Waals surface area contributed by atoms with E-state index in [1.54, 1.807) is 14.0 Å². The first kappa shape index (κ1) is 15.4. The molecule has 1 aromatic heterocycles. The first-order chi connectivity index (χ1) is 9.74. The summed E-state index contributed by atoms with van der Waals surface area (Å²) in [5, 5.41) is 16.0. The van der Waals surface area contributed by atoms with Crippen molar-refractivity contribution in [3.8, 4) is 6.07 Å². The van der Waals surface area contributed by atoms with Gasteiger partial charge in [0.1, 0.15) is 17.5 Å². The third-order valence-corrected chi connectivity index (χ3v) is 3.56. The predicted molar refractivity (Wildman–Crippen MR) is 75.1 cm³/mol. The van der Waals surface area contributed by atoms with Crippen LogP contribution in [0.2, 0.25) is 0 Å². The van der Waals surface area contributed by atoms with Crippen LogP contribution < -0.4 is 5.32 Å². The molecule has 0 aliphatic carbocycles. The second-order valence-corrected chi connectivity index (χ2v) is 5.22. The van der Waals surface area contributed by atoms with Crippen LogP contribution in [0, 0.1) is 18.3 Å². The normalized spacial score (nSPS) is 11.3. The summed E-state index contributed by atoms with van der Waals surface area (Å²) < 4.78 is 40.0. The summed E-state index contributed by atoms with van der Waals surface area (Å²) in [6.07, 6.45) is -4.46. The van der Waals surface area contributed by atoms with Gasteiger partial charge in [-0.2, -0.15) is 23.5 Å². The Morgan fingerprint density at radius 3 is 2.62 bits per heavy atom. The molecule has 2 aromatic rings. The van der Waals surface area contributed by atoms with Crippen molar-refractivity contribution in [1.29, 1.82) is 5.26 Å². The summed E-state index contributed by atoms with van der Waals surface area (Å²) >= 11 is 2.88. The van der Waals surface area contributed by atoms with E-state index in [-0.39, 0.29) is 10.2 Å². The van der Waals surface area contributed by atoms with Crippen LogP contribution in [0.25, 0.3) is 0 Å². The van der Waals surface area contributed by atoms with Gasteiger partial charge in [0.15, 0.2) is 0 Å². The van der Waals surface area contributed by atoms with Crippen molar-refractivity contribution in [2.45, 2.75) is 13.1 Å². The van der Waals surface area contributed by atoms with Gasteiger partial charge in [0, 0.05) is 17.2 Å². The third-order valence-electron chi connectivity index (χ3n) is 2.87. The number of halogens is 4. The minimum absolute atomic E-state index is 0.0396. The summed E-state index contributed by atoms with van der Waals surface area (Å²) in [5.41, 5.74) is 0.250. The molecule has 0 atom stereocenters. The van der Waals surface area contributed by atoms with Crippen molar-refractivity contribution in [1.82, 2.24) is 9.78 Å². The Balaban J connectivity index is 2.45. The fourth-order valence-electron chi connectivity index (χ4n) is 1.89. The maximum absolute atomic E-state index is 12.9. The predicted octanol–water partition coefficient (Wildman–Crippen LogP) is 4.13. The molecule has 2 rings (SSSR count). The van der Waals surface area contributed by atoms with E-state index >= 15 is 0 Å². The molecule has 0 fully saturated rings. The van der Waals surface area contributed by atoms with Gasteiger partial charge >= 0.3 is 6.18 Å². The number of aromatic nitrogens is 2. The van der Waals surface area contributed by atoms with E-state index in [1.807, 2.05) is 6.07 Å². The topological polar surface area (TPSA) is 53.6 Å². The van der Waals surface area contributed by atoms with Gasteiger partial charge in [-0.15, -0.1) is 0 Å². The Kier molecular flexibility index (Phi) is 3.96. The quantitative estimate of drug-likeness (QED) is 0.878. The highest BCUT2D eigenvalue weighted by molar-refractivity contribution is 9.10. The van der Waals surface area contributed by atoms with Crippen LogP contribution in [0.15, 0.2) is 22.7 Å². The van der Waals surface area contributed by atoms with Gasteiger partial charge in [0.25, 0.3) is 0 Å². The zero-order chi connectivity index (χ0) is 15.8. The Morgan fingerprint density at radius 1 is 1.38 bits per heavy atom. The van der Waals surface area contributed by atoms with Gasteiger partial charge in [0.2, 0.25) is 0 Å². The number of anilines is 2. The van der Waals surface area contributed by atoms with Crippen LogP contribution in [0.4, 0.5) is 24.7 Å². The fraction of sp³-hybridized carbons (Fsp3) is 0.231. The number of hydrogen-bond acceptors (Lipinski definition) is 3. The number of aryl methyl sites for hydroxylation is 2. The molecule has 110 valence electrons. The number of nitrogens with zero attached hydrogens (tertiary/aromatic N) is 3. The third kappa shape index (κ3) is 3.03. The van der Waals surface area contributed by atoms with Crippen LogP contribution in [0.3, 0.4) is 0 Å². The maximum atomic E-state index is 12.9. The van der Waals surface area contributed by atoms with Gasteiger partial charge in [-0.25, -0.2) is 0 Å². The maximum Gasteiger partial charge on any atom is 0.417 e. The monoisotopic (exact) mass is 358 g/mol. The van der Waals surface area contributed by atoms with E-state index in [9.17, 15) is 13.2 Å². The van der Waals surface area contributed by atoms with E-state index in [4.69, 9.17) is 5.26 Å². The lowest BCUT2D eigenvalue weighted by atomic mass is 10.2. The highest BCUT2D eigenvalue weighted by Crippen LogP contribution is 2.37. The zero-order valence-corrected chi connectivity index (χ0v) is 12.7. The average molecular weight is 359 g/mol.